The number of hydrogen-bond donors (Lipinski definition) is 1. The van der Waals surface area contributed by atoms with E-state index in [9.17, 15) is 5.11 Å². The Morgan fingerprint density at radius 2 is 1.86 bits per heavy atom. The lowest BCUT2D eigenvalue weighted by Gasteiger charge is -2.60. The van der Waals surface area contributed by atoms with Gasteiger partial charge < -0.3 is 5.11 Å². The summed E-state index contributed by atoms with van der Waals surface area (Å²) in [6, 6.07) is 8.49. The van der Waals surface area contributed by atoms with E-state index < -0.39 is 0 Å². The standard InChI is InChI=1S/C26H35BrO/c1-25-12-4-3-7-19(25)9-10-21-22(25)11-13-26(2)23(21)16-18(24(26)28)14-17-6-5-8-20(27)15-17/h5-6,8,14-15,19,21-24,28H,3-4,7,9-13,16H2,1-2H3/b18-14+/t19-,21+,22-,23+,24-,25+,26+/m1/s1. The zero-order chi connectivity index (χ0) is 19.5. The van der Waals surface area contributed by atoms with Gasteiger partial charge in [-0.1, -0.05) is 60.8 Å². The first-order chi connectivity index (χ1) is 13.4. The summed E-state index contributed by atoms with van der Waals surface area (Å²) in [5.41, 5.74) is 3.15. The van der Waals surface area contributed by atoms with Gasteiger partial charge in [-0.3, -0.25) is 0 Å². The van der Waals surface area contributed by atoms with Crippen molar-refractivity contribution in [2.45, 2.75) is 77.7 Å². The molecule has 152 valence electrons. The predicted molar refractivity (Wildman–Crippen MR) is 120 cm³/mol. The van der Waals surface area contributed by atoms with E-state index in [1.165, 1.54) is 62.5 Å². The maximum absolute atomic E-state index is 11.4. The van der Waals surface area contributed by atoms with Crippen molar-refractivity contribution in [3.05, 3.63) is 39.9 Å². The van der Waals surface area contributed by atoms with Crippen LogP contribution in [0.5, 0.6) is 0 Å². The van der Waals surface area contributed by atoms with Gasteiger partial charge >= 0.3 is 0 Å². The molecule has 28 heavy (non-hydrogen) atoms. The van der Waals surface area contributed by atoms with Gasteiger partial charge in [0.05, 0.1) is 6.10 Å². The van der Waals surface area contributed by atoms with E-state index in [-0.39, 0.29) is 11.5 Å². The van der Waals surface area contributed by atoms with Gasteiger partial charge in [0.2, 0.25) is 0 Å². The summed E-state index contributed by atoms with van der Waals surface area (Å²) in [7, 11) is 0. The Balaban J connectivity index is 1.46. The molecular weight excluding hydrogens is 408 g/mol. The molecule has 1 N–H and O–H groups in total. The molecule has 0 saturated heterocycles. The van der Waals surface area contributed by atoms with Crippen LogP contribution in [0, 0.1) is 34.5 Å². The quantitative estimate of drug-likeness (QED) is 0.485. The molecule has 0 amide bonds. The van der Waals surface area contributed by atoms with E-state index in [0.29, 0.717) is 11.3 Å². The molecule has 4 aliphatic carbocycles. The van der Waals surface area contributed by atoms with Crippen LogP contribution in [0.4, 0.5) is 0 Å². The predicted octanol–water partition coefficient (Wildman–Crippen LogP) is 7.24. The number of fused-ring (bicyclic) bond motifs is 5. The maximum atomic E-state index is 11.4. The topological polar surface area (TPSA) is 20.2 Å². The minimum Gasteiger partial charge on any atom is -0.388 e. The molecule has 0 aliphatic heterocycles. The molecule has 2 heteroatoms. The van der Waals surface area contributed by atoms with E-state index in [4.69, 9.17) is 0 Å². The number of rotatable bonds is 1. The molecule has 0 bridgehead atoms. The second-order valence-electron chi connectivity index (χ2n) is 10.8. The molecular formula is C26H35BrO. The van der Waals surface area contributed by atoms with Crippen LogP contribution < -0.4 is 0 Å². The molecule has 4 saturated carbocycles. The SMILES string of the molecule is C[C@]12CCCC[C@@H]1CC[C@H]1[C@H]2CC[C@]2(C)[C@H](O)/C(=C/c3cccc(Br)c3)C[C@@H]12. The lowest BCUT2D eigenvalue weighted by molar-refractivity contribution is -0.119. The van der Waals surface area contributed by atoms with Crippen LogP contribution in [0.1, 0.15) is 77.2 Å². The molecule has 5 rings (SSSR count). The van der Waals surface area contributed by atoms with Crippen molar-refractivity contribution in [2.24, 2.45) is 34.5 Å². The van der Waals surface area contributed by atoms with Crippen molar-refractivity contribution in [2.75, 3.05) is 0 Å². The lowest BCUT2D eigenvalue weighted by atomic mass is 9.45. The molecule has 0 spiro atoms. The third-order valence-corrected chi connectivity index (χ3v) is 10.1. The van der Waals surface area contributed by atoms with Gasteiger partial charge in [-0.25, -0.2) is 0 Å². The minimum atomic E-state index is -0.269. The van der Waals surface area contributed by atoms with Crippen molar-refractivity contribution in [1.29, 1.82) is 0 Å². The summed E-state index contributed by atoms with van der Waals surface area (Å²) < 4.78 is 1.11. The Morgan fingerprint density at radius 1 is 1.00 bits per heavy atom. The van der Waals surface area contributed by atoms with Gasteiger partial charge in [-0.05, 0) is 97.3 Å². The zero-order valence-corrected chi connectivity index (χ0v) is 19.0. The van der Waals surface area contributed by atoms with Gasteiger partial charge in [-0.2, -0.15) is 0 Å². The first-order valence-electron chi connectivity index (χ1n) is 11.6. The van der Waals surface area contributed by atoms with Crippen LogP contribution in [0.2, 0.25) is 0 Å². The lowest BCUT2D eigenvalue weighted by Crippen LogP contribution is -2.53. The molecule has 1 nitrogen and oxygen atoms in total. The highest BCUT2D eigenvalue weighted by atomic mass is 79.9. The molecule has 0 heterocycles. The summed E-state index contributed by atoms with van der Waals surface area (Å²) in [5, 5.41) is 11.4. The smallest absolute Gasteiger partial charge is 0.0809 e. The fraction of sp³-hybridized carbons (Fsp3) is 0.692. The molecule has 0 aromatic heterocycles. The number of aliphatic hydroxyl groups is 1. The summed E-state index contributed by atoms with van der Waals surface area (Å²) in [6.45, 7) is 5.04. The van der Waals surface area contributed by atoms with Crippen LogP contribution in [0.15, 0.2) is 34.3 Å². The molecule has 0 unspecified atom stereocenters. The molecule has 7 atom stereocenters. The van der Waals surface area contributed by atoms with E-state index in [1.807, 2.05) is 0 Å². The highest BCUT2D eigenvalue weighted by Gasteiger charge is 2.60. The third-order valence-electron chi connectivity index (χ3n) is 9.65. The number of halogens is 1. The summed E-state index contributed by atoms with van der Waals surface area (Å²) >= 11 is 3.59. The Hall–Kier alpha value is -0.600. The molecule has 0 radical (unpaired) electrons. The fourth-order valence-electron chi connectivity index (χ4n) is 8.10. The highest BCUT2D eigenvalue weighted by molar-refractivity contribution is 9.10. The van der Waals surface area contributed by atoms with E-state index in [2.05, 4.69) is 60.1 Å². The van der Waals surface area contributed by atoms with Crippen LogP contribution in [0.3, 0.4) is 0 Å². The Kier molecular flexibility index (Phi) is 4.83. The number of aliphatic hydroxyl groups excluding tert-OH is 1. The van der Waals surface area contributed by atoms with Gasteiger partial charge in [0.15, 0.2) is 0 Å². The average Bonchev–Trinajstić information content (AvgIpc) is 2.92. The van der Waals surface area contributed by atoms with Crippen LogP contribution in [-0.4, -0.2) is 11.2 Å². The van der Waals surface area contributed by atoms with Gasteiger partial charge in [-0.15, -0.1) is 0 Å². The first kappa shape index (κ1) is 19.4. The van der Waals surface area contributed by atoms with Gasteiger partial charge in [0.25, 0.3) is 0 Å². The Labute approximate surface area is 179 Å². The average molecular weight is 443 g/mol. The summed E-state index contributed by atoms with van der Waals surface area (Å²) in [6.07, 6.45) is 14.3. The van der Waals surface area contributed by atoms with Crippen molar-refractivity contribution in [1.82, 2.24) is 0 Å². The van der Waals surface area contributed by atoms with Crippen molar-refractivity contribution in [3.63, 3.8) is 0 Å². The van der Waals surface area contributed by atoms with Gasteiger partial charge in [0, 0.05) is 9.89 Å². The second-order valence-corrected chi connectivity index (χ2v) is 11.7. The molecule has 4 fully saturated rings. The normalized spacial score (nSPS) is 46.7. The zero-order valence-electron chi connectivity index (χ0n) is 17.5. The number of hydrogen-bond acceptors (Lipinski definition) is 1. The van der Waals surface area contributed by atoms with Crippen molar-refractivity contribution < 1.29 is 5.11 Å². The van der Waals surface area contributed by atoms with Crippen LogP contribution >= 0.6 is 15.9 Å². The monoisotopic (exact) mass is 442 g/mol. The Morgan fingerprint density at radius 3 is 2.68 bits per heavy atom. The largest absolute Gasteiger partial charge is 0.388 e. The van der Waals surface area contributed by atoms with Crippen molar-refractivity contribution in [3.8, 4) is 0 Å². The molecule has 1 aromatic rings. The Bertz CT molecular complexity index is 784. The number of benzene rings is 1. The van der Waals surface area contributed by atoms with Crippen LogP contribution in [-0.2, 0) is 0 Å². The highest BCUT2D eigenvalue weighted by Crippen LogP contribution is 2.67. The van der Waals surface area contributed by atoms with E-state index >= 15 is 0 Å². The fourth-order valence-corrected chi connectivity index (χ4v) is 8.52. The molecule has 4 aliphatic rings. The first-order valence-corrected chi connectivity index (χ1v) is 12.4. The maximum Gasteiger partial charge on any atom is 0.0809 e. The van der Waals surface area contributed by atoms with Crippen molar-refractivity contribution >= 4 is 22.0 Å². The summed E-state index contributed by atoms with van der Waals surface area (Å²) in [4.78, 5) is 0. The minimum absolute atomic E-state index is 0.0802. The molecule has 1 aromatic carbocycles. The summed E-state index contributed by atoms with van der Waals surface area (Å²) in [5.74, 6) is 3.34. The van der Waals surface area contributed by atoms with Gasteiger partial charge in [0.1, 0.15) is 0 Å². The van der Waals surface area contributed by atoms with Crippen LogP contribution in [0.25, 0.3) is 6.08 Å². The third kappa shape index (κ3) is 2.88. The van der Waals surface area contributed by atoms with E-state index in [0.717, 1.165) is 28.6 Å². The second kappa shape index (κ2) is 6.98. The van der Waals surface area contributed by atoms with E-state index in [1.54, 1.807) is 0 Å².